The van der Waals surface area contributed by atoms with E-state index in [1.807, 2.05) is 17.4 Å². The second-order valence-electron chi connectivity index (χ2n) is 3.66. The van der Waals surface area contributed by atoms with Gasteiger partial charge in [-0.05, 0) is 31.2 Å². The molecule has 0 aliphatic heterocycles. The van der Waals surface area contributed by atoms with Crippen molar-refractivity contribution in [2.75, 3.05) is 6.54 Å². The maximum atomic E-state index is 4.02. The van der Waals surface area contributed by atoms with Gasteiger partial charge in [0.25, 0.3) is 0 Å². The standard InChI is InChI=1S/C12H17N3S/c1-3-9-5-6-11(16-9)12(13-4-2)10-7-8-14-15-10/h5-8,12-13H,3-4H2,1-2H3,(H,14,15). The molecule has 4 heteroatoms. The third-order valence-corrected chi connectivity index (χ3v) is 3.85. The first-order chi connectivity index (χ1) is 7.85. The molecule has 0 spiro atoms. The molecule has 0 saturated carbocycles. The van der Waals surface area contributed by atoms with Crippen molar-refractivity contribution in [3.05, 3.63) is 39.8 Å². The summed E-state index contributed by atoms with van der Waals surface area (Å²) < 4.78 is 0. The number of nitrogens with zero attached hydrogens (tertiary/aromatic N) is 1. The van der Waals surface area contributed by atoms with Gasteiger partial charge in [-0.25, -0.2) is 0 Å². The Bertz CT molecular complexity index is 419. The van der Waals surface area contributed by atoms with E-state index in [2.05, 4.69) is 41.5 Å². The quantitative estimate of drug-likeness (QED) is 0.836. The van der Waals surface area contributed by atoms with Gasteiger partial charge in [-0.2, -0.15) is 5.10 Å². The largest absolute Gasteiger partial charge is 0.305 e. The van der Waals surface area contributed by atoms with Gasteiger partial charge in [-0.3, -0.25) is 5.10 Å². The van der Waals surface area contributed by atoms with Crippen molar-refractivity contribution >= 4 is 11.3 Å². The molecule has 0 fully saturated rings. The van der Waals surface area contributed by atoms with Crippen LogP contribution in [0.3, 0.4) is 0 Å². The van der Waals surface area contributed by atoms with Gasteiger partial charge in [0, 0.05) is 16.0 Å². The van der Waals surface area contributed by atoms with Crippen molar-refractivity contribution in [3.8, 4) is 0 Å². The van der Waals surface area contributed by atoms with E-state index in [4.69, 9.17) is 0 Å². The van der Waals surface area contributed by atoms with Crippen molar-refractivity contribution < 1.29 is 0 Å². The normalized spacial score (nSPS) is 12.9. The van der Waals surface area contributed by atoms with Crippen molar-refractivity contribution in [1.82, 2.24) is 15.5 Å². The summed E-state index contributed by atoms with van der Waals surface area (Å²) in [5.41, 5.74) is 1.13. The predicted octanol–water partition coefficient (Wildman–Crippen LogP) is 2.73. The summed E-state index contributed by atoms with van der Waals surface area (Å²) in [6.07, 6.45) is 2.90. The van der Waals surface area contributed by atoms with Crippen LogP contribution in [0.5, 0.6) is 0 Å². The molecule has 3 nitrogen and oxygen atoms in total. The molecule has 16 heavy (non-hydrogen) atoms. The molecule has 2 heterocycles. The summed E-state index contributed by atoms with van der Waals surface area (Å²) in [5.74, 6) is 0. The lowest BCUT2D eigenvalue weighted by Gasteiger charge is -2.14. The minimum Gasteiger partial charge on any atom is -0.305 e. The van der Waals surface area contributed by atoms with Gasteiger partial charge in [0.05, 0.1) is 11.7 Å². The highest BCUT2D eigenvalue weighted by molar-refractivity contribution is 7.12. The lowest BCUT2D eigenvalue weighted by molar-refractivity contribution is 0.622. The lowest BCUT2D eigenvalue weighted by atomic mass is 10.1. The fourth-order valence-corrected chi connectivity index (χ4v) is 2.78. The monoisotopic (exact) mass is 235 g/mol. The van der Waals surface area contributed by atoms with Gasteiger partial charge in [-0.15, -0.1) is 11.3 Å². The number of aromatic nitrogens is 2. The number of aryl methyl sites for hydroxylation is 1. The molecule has 2 aromatic heterocycles. The third kappa shape index (κ3) is 2.33. The summed E-state index contributed by atoms with van der Waals surface area (Å²) in [6, 6.07) is 6.69. The van der Waals surface area contributed by atoms with Crippen LogP contribution in [0.1, 0.15) is 35.3 Å². The first-order valence-corrected chi connectivity index (χ1v) is 6.48. The summed E-state index contributed by atoms with van der Waals surface area (Å²) in [7, 11) is 0. The third-order valence-electron chi connectivity index (χ3n) is 2.56. The molecule has 0 amide bonds. The second kappa shape index (κ2) is 5.27. The highest BCUT2D eigenvalue weighted by Crippen LogP contribution is 2.27. The Labute approximate surface area is 99.9 Å². The molecule has 0 saturated heterocycles. The Morgan fingerprint density at radius 1 is 1.38 bits per heavy atom. The van der Waals surface area contributed by atoms with Crippen molar-refractivity contribution in [2.24, 2.45) is 0 Å². The van der Waals surface area contributed by atoms with Crippen LogP contribution in [0.25, 0.3) is 0 Å². The highest BCUT2D eigenvalue weighted by Gasteiger charge is 2.15. The fraction of sp³-hybridized carbons (Fsp3) is 0.417. The molecule has 0 aliphatic carbocycles. The average molecular weight is 235 g/mol. The molecule has 2 rings (SSSR count). The van der Waals surface area contributed by atoms with E-state index in [9.17, 15) is 0 Å². The molecule has 0 radical (unpaired) electrons. The van der Waals surface area contributed by atoms with Crippen LogP contribution in [-0.2, 0) is 6.42 Å². The van der Waals surface area contributed by atoms with E-state index < -0.39 is 0 Å². The zero-order valence-corrected chi connectivity index (χ0v) is 10.5. The smallest absolute Gasteiger partial charge is 0.0839 e. The molecule has 0 aromatic carbocycles. The summed E-state index contributed by atoms with van der Waals surface area (Å²) in [6.45, 7) is 5.26. The van der Waals surface area contributed by atoms with Crippen molar-refractivity contribution in [2.45, 2.75) is 26.3 Å². The zero-order valence-electron chi connectivity index (χ0n) is 9.66. The van der Waals surface area contributed by atoms with E-state index in [0.717, 1.165) is 18.7 Å². The van der Waals surface area contributed by atoms with Crippen molar-refractivity contribution in [1.29, 1.82) is 0 Å². The van der Waals surface area contributed by atoms with E-state index >= 15 is 0 Å². The van der Waals surface area contributed by atoms with E-state index in [1.165, 1.54) is 9.75 Å². The van der Waals surface area contributed by atoms with Gasteiger partial charge in [0.15, 0.2) is 0 Å². The molecular formula is C12H17N3S. The van der Waals surface area contributed by atoms with Crippen LogP contribution in [0, 0.1) is 0 Å². The van der Waals surface area contributed by atoms with Gasteiger partial charge in [-0.1, -0.05) is 13.8 Å². The number of hydrogen-bond acceptors (Lipinski definition) is 3. The minimum absolute atomic E-state index is 0.248. The maximum Gasteiger partial charge on any atom is 0.0839 e. The summed E-state index contributed by atoms with van der Waals surface area (Å²) in [4.78, 5) is 2.78. The highest BCUT2D eigenvalue weighted by atomic mass is 32.1. The Morgan fingerprint density at radius 2 is 2.25 bits per heavy atom. The summed E-state index contributed by atoms with van der Waals surface area (Å²) in [5, 5.41) is 10.5. The molecule has 0 aliphatic rings. The number of nitrogens with one attached hydrogen (secondary N) is 2. The van der Waals surface area contributed by atoms with Gasteiger partial charge >= 0.3 is 0 Å². The van der Waals surface area contributed by atoms with Crippen molar-refractivity contribution in [3.63, 3.8) is 0 Å². The molecular weight excluding hydrogens is 218 g/mol. The number of thiophene rings is 1. The fourth-order valence-electron chi connectivity index (χ4n) is 1.74. The number of hydrogen-bond donors (Lipinski definition) is 2. The van der Waals surface area contributed by atoms with Crippen LogP contribution in [0.2, 0.25) is 0 Å². The number of H-pyrrole nitrogens is 1. The number of rotatable bonds is 5. The van der Waals surface area contributed by atoms with E-state index in [1.54, 1.807) is 6.20 Å². The molecule has 2 N–H and O–H groups in total. The van der Waals surface area contributed by atoms with Crippen LogP contribution in [0.4, 0.5) is 0 Å². The minimum atomic E-state index is 0.248. The Hall–Kier alpha value is -1.13. The molecule has 0 bridgehead atoms. The van der Waals surface area contributed by atoms with Gasteiger partial charge in [0.2, 0.25) is 0 Å². The second-order valence-corrected chi connectivity index (χ2v) is 4.86. The maximum absolute atomic E-state index is 4.02. The Kier molecular flexibility index (Phi) is 3.74. The number of aromatic amines is 1. The Morgan fingerprint density at radius 3 is 2.81 bits per heavy atom. The van der Waals surface area contributed by atoms with E-state index in [0.29, 0.717) is 0 Å². The van der Waals surface area contributed by atoms with Gasteiger partial charge in [0.1, 0.15) is 0 Å². The van der Waals surface area contributed by atoms with Crippen LogP contribution in [0.15, 0.2) is 24.4 Å². The van der Waals surface area contributed by atoms with Gasteiger partial charge < -0.3 is 5.32 Å². The first kappa shape index (κ1) is 11.4. The van der Waals surface area contributed by atoms with Crippen LogP contribution in [-0.4, -0.2) is 16.7 Å². The molecule has 86 valence electrons. The average Bonchev–Trinajstić information content (AvgIpc) is 2.97. The first-order valence-electron chi connectivity index (χ1n) is 5.66. The SMILES string of the molecule is CCNC(c1ccn[nH]1)c1ccc(CC)s1. The molecule has 1 atom stereocenters. The molecule has 1 unspecified atom stereocenters. The summed E-state index contributed by atoms with van der Waals surface area (Å²) >= 11 is 1.87. The zero-order chi connectivity index (χ0) is 11.4. The van der Waals surface area contributed by atoms with E-state index in [-0.39, 0.29) is 6.04 Å². The Balaban J connectivity index is 2.25. The molecule has 2 aromatic rings. The topological polar surface area (TPSA) is 40.7 Å². The van der Waals surface area contributed by atoms with Crippen LogP contribution >= 0.6 is 11.3 Å². The van der Waals surface area contributed by atoms with Crippen LogP contribution < -0.4 is 5.32 Å². The lowest BCUT2D eigenvalue weighted by Crippen LogP contribution is -2.21. The predicted molar refractivity (Wildman–Crippen MR) is 67.8 cm³/mol.